The Morgan fingerprint density at radius 3 is 2.83 bits per heavy atom. The number of aliphatic hydroxyl groups is 1. The molecule has 2 aliphatic heterocycles. The highest BCUT2D eigenvalue weighted by Gasteiger charge is 2.22. The van der Waals surface area contributed by atoms with Crippen molar-refractivity contribution in [3.05, 3.63) is 60.4 Å². The van der Waals surface area contributed by atoms with Gasteiger partial charge in [-0.2, -0.15) is 0 Å². The van der Waals surface area contributed by atoms with Crippen molar-refractivity contribution in [1.82, 2.24) is 14.9 Å². The van der Waals surface area contributed by atoms with Gasteiger partial charge < -0.3 is 20.1 Å². The molecule has 188 valence electrons. The summed E-state index contributed by atoms with van der Waals surface area (Å²) in [6.45, 7) is 3.73. The van der Waals surface area contributed by atoms with Gasteiger partial charge in [0.15, 0.2) is 0 Å². The van der Waals surface area contributed by atoms with Crippen LogP contribution in [0.25, 0.3) is 10.9 Å². The molecule has 2 N–H and O–H groups in total. The van der Waals surface area contributed by atoms with E-state index in [1.54, 1.807) is 19.5 Å². The number of methoxy groups -OCH3 is 1. The molecule has 8 nitrogen and oxygen atoms in total. The van der Waals surface area contributed by atoms with Crippen LogP contribution < -0.4 is 15.0 Å². The molecule has 0 spiro atoms. The van der Waals surface area contributed by atoms with Crippen LogP contribution in [0.3, 0.4) is 0 Å². The Hall–Kier alpha value is -3.49. The van der Waals surface area contributed by atoms with Crippen molar-refractivity contribution in [3.8, 4) is 5.75 Å². The highest BCUT2D eigenvalue weighted by molar-refractivity contribution is 6.03. The third-order valence-electron chi connectivity index (χ3n) is 7.16. The predicted molar refractivity (Wildman–Crippen MR) is 142 cm³/mol. The number of carbonyl (C=O) groups is 1. The molecule has 3 aromatic rings. The summed E-state index contributed by atoms with van der Waals surface area (Å²) < 4.78 is 5.57. The SMILES string of the molecule is COc1cc2ncnc(N3CCCc4ccccc43)c2cc1NC(=O)/C=C/CN1CCC(CO)CC1. The number of carbonyl (C=O) groups excluding carboxylic acids is 1. The molecule has 3 heterocycles. The van der Waals surface area contributed by atoms with Crippen molar-refractivity contribution in [2.24, 2.45) is 5.92 Å². The van der Waals surface area contributed by atoms with E-state index in [1.807, 2.05) is 18.2 Å². The summed E-state index contributed by atoms with van der Waals surface area (Å²) in [6.07, 6.45) is 9.14. The van der Waals surface area contributed by atoms with Crippen molar-refractivity contribution in [1.29, 1.82) is 0 Å². The first-order valence-corrected chi connectivity index (χ1v) is 12.6. The minimum atomic E-state index is -0.209. The number of rotatable bonds is 7. The monoisotopic (exact) mass is 487 g/mol. The summed E-state index contributed by atoms with van der Waals surface area (Å²) in [6, 6.07) is 12.2. The molecule has 5 rings (SSSR count). The van der Waals surface area contributed by atoms with Gasteiger partial charge in [0, 0.05) is 42.9 Å². The van der Waals surface area contributed by atoms with Crippen LogP contribution in [0.15, 0.2) is 54.9 Å². The molecule has 2 aromatic carbocycles. The maximum Gasteiger partial charge on any atom is 0.248 e. The van der Waals surface area contributed by atoms with Crippen LogP contribution in [0.1, 0.15) is 24.8 Å². The van der Waals surface area contributed by atoms with Gasteiger partial charge in [-0.05, 0) is 62.4 Å². The minimum absolute atomic E-state index is 0.209. The average molecular weight is 488 g/mol. The number of piperidine rings is 1. The number of benzene rings is 2. The van der Waals surface area contributed by atoms with Crippen molar-refractivity contribution < 1.29 is 14.6 Å². The van der Waals surface area contributed by atoms with E-state index in [9.17, 15) is 9.90 Å². The molecular formula is C28H33N5O3. The number of aromatic nitrogens is 2. The first kappa shape index (κ1) is 24.2. The van der Waals surface area contributed by atoms with Crippen LogP contribution in [0, 0.1) is 5.92 Å². The number of anilines is 3. The normalized spacial score (nSPS) is 16.9. The molecule has 0 bridgehead atoms. The van der Waals surface area contributed by atoms with Gasteiger partial charge in [0.25, 0.3) is 0 Å². The number of hydrogen-bond donors (Lipinski definition) is 2. The van der Waals surface area contributed by atoms with Gasteiger partial charge >= 0.3 is 0 Å². The largest absolute Gasteiger partial charge is 0.494 e. The predicted octanol–water partition coefficient (Wildman–Crippen LogP) is 3.92. The average Bonchev–Trinajstić information content (AvgIpc) is 2.92. The number of aliphatic hydroxyl groups excluding tert-OH is 1. The number of nitrogens with one attached hydrogen (secondary N) is 1. The smallest absolute Gasteiger partial charge is 0.248 e. The van der Waals surface area contributed by atoms with E-state index in [-0.39, 0.29) is 12.5 Å². The van der Waals surface area contributed by atoms with Gasteiger partial charge in [0.1, 0.15) is 17.9 Å². The number of hydrogen-bond acceptors (Lipinski definition) is 7. The number of fused-ring (bicyclic) bond motifs is 2. The van der Waals surface area contributed by atoms with Gasteiger partial charge in [-0.15, -0.1) is 0 Å². The molecule has 0 atom stereocenters. The number of para-hydroxylation sites is 1. The lowest BCUT2D eigenvalue weighted by atomic mass is 9.98. The first-order chi connectivity index (χ1) is 17.7. The van der Waals surface area contributed by atoms with E-state index < -0.39 is 0 Å². The second-order valence-electron chi connectivity index (χ2n) is 9.47. The topological polar surface area (TPSA) is 90.8 Å². The van der Waals surface area contributed by atoms with Crippen LogP contribution >= 0.6 is 0 Å². The molecule has 1 saturated heterocycles. The number of ether oxygens (including phenoxy) is 1. The Labute approximate surface area is 211 Å². The molecule has 0 radical (unpaired) electrons. The van der Waals surface area contributed by atoms with E-state index in [4.69, 9.17) is 4.74 Å². The molecule has 0 unspecified atom stereocenters. The van der Waals surface area contributed by atoms with E-state index in [2.05, 4.69) is 49.4 Å². The van der Waals surface area contributed by atoms with Gasteiger partial charge in [-0.1, -0.05) is 24.3 Å². The summed E-state index contributed by atoms with van der Waals surface area (Å²) in [7, 11) is 1.59. The van der Waals surface area contributed by atoms with E-state index in [0.717, 1.165) is 67.7 Å². The van der Waals surface area contributed by atoms with Crippen molar-refractivity contribution in [2.75, 3.05) is 50.1 Å². The summed E-state index contributed by atoms with van der Waals surface area (Å²) in [5, 5.41) is 13.1. The number of amides is 1. The molecule has 1 aromatic heterocycles. The maximum absolute atomic E-state index is 12.8. The zero-order chi connectivity index (χ0) is 24.9. The van der Waals surface area contributed by atoms with Crippen molar-refractivity contribution in [2.45, 2.75) is 25.7 Å². The lowest BCUT2D eigenvalue weighted by Gasteiger charge is -2.31. The molecule has 0 saturated carbocycles. The zero-order valence-corrected chi connectivity index (χ0v) is 20.7. The third kappa shape index (κ3) is 5.20. The second kappa shape index (κ2) is 11.1. The third-order valence-corrected chi connectivity index (χ3v) is 7.16. The molecular weight excluding hydrogens is 454 g/mol. The number of nitrogens with zero attached hydrogens (tertiary/aromatic N) is 4. The van der Waals surface area contributed by atoms with Crippen LogP contribution in [0.2, 0.25) is 0 Å². The lowest BCUT2D eigenvalue weighted by molar-refractivity contribution is -0.111. The summed E-state index contributed by atoms with van der Waals surface area (Å²) in [4.78, 5) is 26.4. The fraction of sp³-hybridized carbons (Fsp3) is 0.393. The molecule has 36 heavy (non-hydrogen) atoms. The fourth-order valence-electron chi connectivity index (χ4n) is 5.14. The van der Waals surface area contributed by atoms with E-state index in [1.165, 1.54) is 5.56 Å². The highest BCUT2D eigenvalue weighted by Crippen LogP contribution is 2.38. The van der Waals surface area contributed by atoms with Gasteiger partial charge in [-0.3, -0.25) is 9.69 Å². The molecule has 1 amide bonds. The Morgan fingerprint density at radius 1 is 1.19 bits per heavy atom. The summed E-state index contributed by atoms with van der Waals surface area (Å²) in [5.74, 6) is 1.58. The number of likely N-dealkylation sites (tertiary alicyclic amines) is 1. The van der Waals surface area contributed by atoms with E-state index >= 15 is 0 Å². The molecule has 1 fully saturated rings. The Morgan fingerprint density at radius 2 is 2.03 bits per heavy atom. The molecule has 8 heteroatoms. The lowest BCUT2D eigenvalue weighted by Crippen LogP contribution is -2.34. The van der Waals surface area contributed by atoms with Crippen LogP contribution in [-0.4, -0.2) is 65.8 Å². The Balaban J connectivity index is 1.36. The van der Waals surface area contributed by atoms with Gasteiger partial charge in [0.2, 0.25) is 5.91 Å². The van der Waals surface area contributed by atoms with Crippen LogP contribution in [-0.2, 0) is 11.2 Å². The minimum Gasteiger partial charge on any atom is -0.494 e. The highest BCUT2D eigenvalue weighted by atomic mass is 16.5. The fourth-order valence-corrected chi connectivity index (χ4v) is 5.14. The van der Waals surface area contributed by atoms with Crippen LogP contribution in [0.4, 0.5) is 17.2 Å². The Bertz CT molecular complexity index is 1250. The van der Waals surface area contributed by atoms with Crippen LogP contribution in [0.5, 0.6) is 5.75 Å². The standard InChI is InChI=1S/C28H33N5O3/c1-36-26-17-23-22(28(30-19-29-23)33-13-4-7-21-6-2-3-8-25(21)33)16-24(26)31-27(35)9-5-12-32-14-10-20(18-34)11-15-32/h2-3,5-6,8-9,16-17,19-20,34H,4,7,10-15,18H2,1H3,(H,31,35)/b9-5+. The summed E-state index contributed by atoms with van der Waals surface area (Å²) >= 11 is 0. The number of aryl methyl sites for hydroxylation is 1. The van der Waals surface area contributed by atoms with Crippen molar-refractivity contribution in [3.63, 3.8) is 0 Å². The van der Waals surface area contributed by atoms with Gasteiger partial charge in [-0.25, -0.2) is 9.97 Å². The van der Waals surface area contributed by atoms with E-state index in [0.29, 0.717) is 23.9 Å². The second-order valence-corrected chi connectivity index (χ2v) is 9.47. The first-order valence-electron chi connectivity index (χ1n) is 12.6. The molecule has 0 aliphatic carbocycles. The summed E-state index contributed by atoms with van der Waals surface area (Å²) in [5.41, 5.74) is 3.82. The molecule has 2 aliphatic rings. The van der Waals surface area contributed by atoms with Gasteiger partial charge in [0.05, 0.1) is 18.3 Å². The Kier molecular flexibility index (Phi) is 7.44. The zero-order valence-electron chi connectivity index (χ0n) is 20.7. The van der Waals surface area contributed by atoms with Crippen molar-refractivity contribution >= 4 is 34.0 Å². The maximum atomic E-state index is 12.8. The quantitative estimate of drug-likeness (QED) is 0.488.